The minimum atomic E-state index is -3.66. The molecular weight excluding hydrogens is 535 g/mol. The molecule has 0 bridgehead atoms. The van der Waals surface area contributed by atoms with Crippen LogP contribution in [0.5, 0.6) is 5.88 Å². The maximum absolute atomic E-state index is 13.8. The van der Waals surface area contributed by atoms with Gasteiger partial charge in [0, 0.05) is 31.2 Å². The molecule has 14 heteroatoms. The largest absolute Gasteiger partial charge is 0.479 e. The number of piperazine rings is 1. The third-order valence-corrected chi connectivity index (χ3v) is 7.11. The first-order valence-corrected chi connectivity index (χ1v) is 14.1. The summed E-state index contributed by atoms with van der Waals surface area (Å²) in [5.74, 6) is 0.928. The number of likely N-dealkylation sites (N-methyl/N-ethyl adjacent to an activating group) is 1. The summed E-state index contributed by atoms with van der Waals surface area (Å²) >= 11 is 6.29. The first-order chi connectivity index (χ1) is 17.9. The standard InChI is InChI=1S/C24H30ClFN8O3S/c1-14-12-34(13-15(2)33(14)3)21-9-8-19(23(30-21)37-4)29-24-27-11-17(25)22(31-24)28-18-7-6-16(26)10-20(18)32-38(5,35)36/h6-11,14-15,32H,12-13H2,1-5H3,(H2,27,28,29,31)/t14-,15+. The SMILES string of the molecule is COc1nc(N2C[C@@H](C)N(C)[C@@H](C)C2)ccc1Nc1ncc(Cl)c(Nc2ccc(F)cc2NS(C)(=O)=O)n1. The molecule has 0 spiro atoms. The van der Waals surface area contributed by atoms with Crippen LogP contribution in [0.1, 0.15) is 13.8 Å². The molecule has 3 aromatic rings. The van der Waals surface area contributed by atoms with E-state index in [0.717, 1.165) is 31.2 Å². The lowest BCUT2D eigenvalue weighted by atomic mass is 10.1. The third kappa shape index (κ3) is 6.52. The van der Waals surface area contributed by atoms with Gasteiger partial charge < -0.3 is 20.3 Å². The van der Waals surface area contributed by atoms with Crippen LogP contribution >= 0.6 is 11.6 Å². The fourth-order valence-corrected chi connectivity index (χ4v) is 4.83. The van der Waals surface area contributed by atoms with Crippen molar-refractivity contribution in [2.45, 2.75) is 25.9 Å². The second-order valence-corrected chi connectivity index (χ2v) is 11.4. The van der Waals surface area contributed by atoms with Gasteiger partial charge in [0.2, 0.25) is 21.9 Å². The van der Waals surface area contributed by atoms with Gasteiger partial charge in [-0.05, 0) is 45.2 Å². The molecule has 3 N–H and O–H groups in total. The highest BCUT2D eigenvalue weighted by Gasteiger charge is 2.27. The number of hydrogen-bond acceptors (Lipinski definition) is 10. The molecule has 11 nitrogen and oxygen atoms in total. The molecule has 4 rings (SSSR count). The molecule has 1 aromatic carbocycles. The van der Waals surface area contributed by atoms with Gasteiger partial charge in [-0.15, -0.1) is 0 Å². The number of benzene rings is 1. The van der Waals surface area contributed by atoms with E-state index in [1.165, 1.54) is 25.4 Å². The van der Waals surface area contributed by atoms with Gasteiger partial charge in [-0.25, -0.2) is 17.8 Å². The second kappa shape index (κ2) is 11.1. The van der Waals surface area contributed by atoms with Crippen molar-refractivity contribution >= 4 is 56.3 Å². The number of aromatic nitrogens is 3. The number of nitrogens with one attached hydrogen (secondary N) is 3. The van der Waals surface area contributed by atoms with Gasteiger partial charge in [0.1, 0.15) is 22.3 Å². The summed E-state index contributed by atoms with van der Waals surface area (Å²) in [5.41, 5.74) is 0.800. The highest BCUT2D eigenvalue weighted by Crippen LogP contribution is 2.32. The van der Waals surface area contributed by atoms with E-state index in [-0.39, 0.29) is 28.2 Å². The van der Waals surface area contributed by atoms with E-state index in [2.05, 4.69) is 56.0 Å². The topological polar surface area (TPSA) is 125 Å². The molecule has 0 saturated carbocycles. The van der Waals surface area contributed by atoms with Gasteiger partial charge in [-0.3, -0.25) is 9.62 Å². The van der Waals surface area contributed by atoms with E-state index in [1.807, 2.05) is 12.1 Å². The van der Waals surface area contributed by atoms with E-state index in [9.17, 15) is 12.8 Å². The molecule has 0 radical (unpaired) electrons. The van der Waals surface area contributed by atoms with E-state index < -0.39 is 15.8 Å². The number of rotatable bonds is 8. The summed E-state index contributed by atoms with van der Waals surface area (Å²) in [7, 11) is 0.00424. The molecule has 204 valence electrons. The Hall–Kier alpha value is -3.42. The molecule has 1 aliphatic heterocycles. The number of methoxy groups -OCH3 is 1. The van der Waals surface area contributed by atoms with Gasteiger partial charge in [0.25, 0.3) is 0 Å². The Morgan fingerprint density at radius 2 is 1.74 bits per heavy atom. The number of anilines is 6. The minimum Gasteiger partial charge on any atom is -0.479 e. The lowest BCUT2D eigenvalue weighted by Crippen LogP contribution is -2.55. The molecule has 0 amide bonds. The van der Waals surface area contributed by atoms with Crippen molar-refractivity contribution < 1.29 is 17.5 Å². The predicted molar refractivity (Wildman–Crippen MR) is 148 cm³/mol. The van der Waals surface area contributed by atoms with E-state index in [1.54, 1.807) is 0 Å². The Morgan fingerprint density at radius 3 is 2.39 bits per heavy atom. The number of hydrogen-bond donors (Lipinski definition) is 3. The van der Waals surface area contributed by atoms with Gasteiger partial charge in [-0.2, -0.15) is 9.97 Å². The van der Waals surface area contributed by atoms with Crippen LogP contribution in [0.25, 0.3) is 0 Å². The molecule has 1 fully saturated rings. The number of nitrogens with zero attached hydrogens (tertiary/aromatic N) is 5. The zero-order valence-electron chi connectivity index (χ0n) is 21.7. The molecule has 3 heterocycles. The van der Waals surface area contributed by atoms with Crippen LogP contribution in [0.3, 0.4) is 0 Å². The summed E-state index contributed by atoms with van der Waals surface area (Å²) in [6.07, 6.45) is 2.35. The van der Waals surface area contributed by atoms with E-state index in [4.69, 9.17) is 21.3 Å². The van der Waals surface area contributed by atoms with Gasteiger partial charge in [0.15, 0.2) is 5.82 Å². The van der Waals surface area contributed by atoms with Crippen LogP contribution in [0, 0.1) is 5.82 Å². The van der Waals surface area contributed by atoms with Crippen molar-refractivity contribution in [3.8, 4) is 5.88 Å². The quantitative estimate of drug-likeness (QED) is 0.369. The number of halogens is 2. The smallest absolute Gasteiger partial charge is 0.239 e. The number of ether oxygens (including phenoxy) is 1. The molecule has 1 aliphatic rings. The first-order valence-electron chi connectivity index (χ1n) is 11.8. The van der Waals surface area contributed by atoms with E-state index in [0.29, 0.717) is 23.7 Å². The highest BCUT2D eigenvalue weighted by atomic mass is 35.5. The first kappa shape index (κ1) is 27.6. The molecular formula is C24H30ClFN8O3S. The third-order valence-electron chi connectivity index (χ3n) is 6.24. The molecule has 0 unspecified atom stereocenters. The lowest BCUT2D eigenvalue weighted by Gasteiger charge is -2.43. The molecule has 1 saturated heterocycles. The average molecular weight is 565 g/mol. The zero-order chi connectivity index (χ0) is 27.6. The van der Waals surface area contributed by atoms with Crippen LogP contribution in [-0.4, -0.2) is 73.9 Å². The zero-order valence-corrected chi connectivity index (χ0v) is 23.2. The average Bonchev–Trinajstić information content (AvgIpc) is 2.85. The predicted octanol–water partition coefficient (Wildman–Crippen LogP) is 4.06. The summed E-state index contributed by atoms with van der Waals surface area (Å²) in [5, 5.41) is 6.19. The Bertz CT molecular complexity index is 1420. The Kier molecular flexibility index (Phi) is 8.09. The van der Waals surface area contributed by atoms with Gasteiger partial charge in [0.05, 0.1) is 30.9 Å². The normalized spacial score (nSPS) is 18.2. The van der Waals surface area contributed by atoms with Gasteiger partial charge >= 0.3 is 0 Å². The summed E-state index contributed by atoms with van der Waals surface area (Å²) in [6, 6.07) is 8.13. The Morgan fingerprint density at radius 1 is 1.05 bits per heavy atom. The van der Waals surface area contributed by atoms with Crippen molar-refractivity contribution in [2.75, 3.05) is 53.8 Å². The lowest BCUT2D eigenvalue weighted by molar-refractivity contribution is 0.169. The van der Waals surface area contributed by atoms with Crippen molar-refractivity contribution in [3.63, 3.8) is 0 Å². The Labute approximate surface area is 226 Å². The molecule has 38 heavy (non-hydrogen) atoms. The van der Waals surface area contributed by atoms with Crippen LogP contribution in [-0.2, 0) is 10.0 Å². The molecule has 2 atom stereocenters. The number of sulfonamides is 1. The van der Waals surface area contributed by atoms with Crippen molar-refractivity contribution in [1.82, 2.24) is 19.9 Å². The monoisotopic (exact) mass is 564 g/mol. The van der Waals surface area contributed by atoms with E-state index >= 15 is 0 Å². The van der Waals surface area contributed by atoms with Gasteiger partial charge in [-0.1, -0.05) is 11.6 Å². The Balaban J connectivity index is 1.57. The van der Waals surface area contributed by atoms with Crippen LogP contribution in [0.2, 0.25) is 5.02 Å². The minimum absolute atomic E-state index is 0.00527. The van der Waals surface area contributed by atoms with Crippen molar-refractivity contribution in [1.29, 1.82) is 0 Å². The van der Waals surface area contributed by atoms with Crippen LogP contribution in [0.15, 0.2) is 36.5 Å². The molecule has 0 aliphatic carbocycles. The maximum Gasteiger partial charge on any atom is 0.239 e. The van der Waals surface area contributed by atoms with Crippen molar-refractivity contribution in [3.05, 3.63) is 47.4 Å². The number of pyridine rings is 1. The summed E-state index contributed by atoms with van der Waals surface area (Å²) in [4.78, 5) is 17.9. The van der Waals surface area contributed by atoms with Crippen LogP contribution < -0.4 is 25.0 Å². The molecule has 2 aromatic heterocycles. The maximum atomic E-state index is 13.8. The van der Waals surface area contributed by atoms with Crippen LogP contribution in [0.4, 0.5) is 39.0 Å². The summed E-state index contributed by atoms with van der Waals surface area (Å²) < 4.78 is 45.0. The highest BCUT2D eigenvalue weighted by molar-refractivity contribution is 7.92. The second-order valence-electron chi connectivity index (χ2n) is 9.20. The fraction of sp³-hybridized carbons (Fsp3) is 0.375. The van der Waals surface area contributed by atoms with Crippen molar-refractivity contribution in [2.24, 2.45) is 0 Å². The fourth-order valence-electron chi connectivity index (χ4n) is 4.12. The summed E-state index contributed by atoms with van der Waals surface area (Å²) in [6.45, 7) is 6.06.